The molecule has 6 heteroatoms. The molecular formula is C8H9N3O3. The molecule has 0 aliphatic carbocycles. The van der Waals surface area contributed by atoms with Crippen molar-refractivity contribution < 1.29 is 9.72 Å². The van der Waals surface area contributed by atoms with Gasteiger partial charge in [0.15, 0.2) is 0 Å². The summed E-state index contributed by atoms with van der Waals surface area (Å²) in [4.78, 5) is 20.6. The fourth-order valence-corrected chi connectivity index (χ4v) is 1.09. The standard InChI is InChI=1S/C8H9N3O3/c1-5-6(10-8(9)12)3-2-4-7(5)11(13)14/h2-4H,1H3,(H3,9,10,12). The fraction of sp³-hybridized carbons (Fsp3) is 0.125. The second-order valence-electron chi connectivity index (χ2n) is 2.70. The number of amides is 2. The summed E-state index contributed by atoms with van der Waals surface area (Å²) >= 11 is 0. The van der Waals surface area contributed by atoms with Crippen molar-refractivity contribution in [3.63, 3.8) is 0 Å². The van der Waals surface area contributed by atoms with Gasteiger partial charge in [-0.3, -0.25) is 10.1 Å². The Kier molecular flexibility index (Phi) is 2.66. The normalized spacial score (nSPS) is 9.50. The Hall–Kier alpha value is -2.11. The zero-order valence-corrected chi connectivity index (χ0v) is 7.48. The predicted molar refractivity (Wildman–Crippen MR) is 51.0 cm³/mol. The number of hydrogen-bond acceptors (Lipinski definition) is 3. The van der Waals surface area contributed by atoms with Crippen molar-refractivity contribution in [3.8, 4) is 0 Å². The number of nitrogens with zero attached hydrogens (tertiary/aromatic N) is 1. The van der Waals surface area contributed by atoms with Gasteiger partial charge in [0.1, 0.15) is 0 Å². The van der Waals surface area contributed by atoms with Gasteiger partial charge in [-0.2, -0.15) is 0 Å². The number of anilines is 1. The van der Waals surface area contributed by atoms with Crippen molar-refractivity contribution in [1.29, 1.82) is 0 Å². The molecule has 6 nitrogen and oxygen atoms in total. The molecule has 0 aliphatic rings. The largest absolute Gasteiger partial charge is 0.351 e. The van der Waals surface area contributed by atoms with Crippen LogP contribution in [0.2, 0.25) is 0 Å². The number of primary amides is 1. The lowest BCUT2D eigenvalue weighted by molar-refractivity contribution is -0.385. The summed E-state index contributed by atoms with van der Waals surface area (Å²) in [7, 11) is 0. The average molecular weight is 195 g/mol. The highest BCUT2D eigenvalue weighted by atomic mass is 16.6. The van der Waals surface area contributed by atoms with Gasteiger partial charge in [-0.25, -0.2) is 4.79 Å². The zero-order valence-electron chi connectivity index (χ0n) is 7.48. The molecule has 0 fully saturated rings. The summed E-state index contributed by atoms with van der Waals surface area (Å²) in [5.74, 6) is 0. The Labute approximate surface area is 79.9 Å². The minimum atomic E-state index is -0.742. The third kappa shape index (κ3) is 1.98. The molecule has 14 heavy (non-hydrogen) atoms. The first-order valence-corrected chi connectivity index (χ1v) is 3.83. The van der Waals surface area contributed by atoms with Gasteiger partial charge >= 0.3 is 6.03 Å². The third-order valence-electron chi connectivity index (χ3n) is 1.76. The molecule has 2 amide bonds. The van der Waals surface area contributed by atoms with Crippen molar-refractivity contribution in [2.24, 2.45) is 5.73 Å². The van der Waals surface area contributed by atoms with Crippen LogP contribution in [0, 0.1) is 17.0 Å². The molecule has 0 unspecified atom stereocenters. The third-order valence-corrected chi connectivity index (χ3v) is 1.76. The summed E-state index contributed by atoms with van der Waals surface area (Å²) < 4.78 is 0. The van der Waals surface area contributed by atoms with E-state index in [2.05, 4.69) is 5.32 Å². The topological polar surface area (TPSA) is 98.3 Å². The maximum Gasteiger partial charge on any atom is 0.316 e. The SMILES string of the molecule is Cc1c(NC(N)=O)cccc1[N+](=O)[O-]. The van der Waals surface area contributed by atoms with Crippen LogP contribution >= 0.6 is 0 Å². The molecule has 0 saturated heterocycles. The Morgan fingerprint density at radius 3 is 2.71 bits per heavy atom. The number of rotatable bonds is 2. The first-order chi connectivity index (χ1) is 6.52. The van der Waals surface area contributed by atoms with Crippen LogP contribution in [-0.2, 0) is 0 Å². The molecule has 1 aromatic rings. The Bertz CT molecular complexity index is 389. The number of nitro groups is 1. The van der Waals surface area contributed by atoms with Gasteiger partial charge in [-0.15, -0.1) is 0 Å². The minimum absolute atomic E-state index is 0.0451. The summed E-state index contributed by atoms with van der Waals surface area (Å²) in [6.07, 6.45) is 0. The molecular weight excluding hydrogens is 186 g/mol. The van der Waals surface area contributed by atoms with Crippen LogP contribution in [0.1, 0.15) is 5.56 Å². The second-order valence-corrected chi connectivity index (χ2v) is 2.70. The van der Waals surface area contributed by atoms with Gasteiger partial charge < -0.3 is 11.1 Å². The number of hydrogen-bond donors (Lipinski definition) is 2. The van der Waals surface area contributed by atoms with E-state index in [1.54, 1.807) is 13.0 Å². The highest BCUT2D eigenvalue weighted by molar-refractivity contribution is 5.89. The Morgan fingerprint density at radius 1 is 1.57 bits per heavy atom. The molecule has 0 spiro atoms. The highest BCUT2D eigenvalue weighted by Crippen LogP contribution is 2.24. The number of urea groups is 1. The first-order valence-electron chi connectivity index (χ1n) is 3.83. The zero-order chi connectivity index (χ0) is 10.7. The first kappa shape index (κ1) is 9.97. The summed E-state index contributed by atoms with van der Waals surface area (Å²) in [5.41, 5.74) is 5.59. The van der Waals surface area contributed by atoms with Crippen molar-refractivity contribution in [2.45, 2.75) is 6.92 Å². The summed E-state index contributed by atoms with van der Waals surface area (Å²) in [6, 6.07) is 3.65. The maximum atomic E-state index is 10.5. The number of nitrogens with two attached hydrogens (primary N) is 1. The highest BCUT2D eigenvalue weighted by Gasteiger charge is 2.13. The number of carbonyl (C=O) groups excluding carboxylic acids is 1. The van der Waals surface area contributed by atoms with Crippen LogP contribution in [0.15, 0.2) is 18.2 Å². The minimum Gasteiger partial charge on any atom is -0.351 e. The molecule has 0 heterocycles. The van der Waals surface area contributed by atoms with Gasteiger partial charge in [0.05, 0.1) is 16.2 Å². The molecule has 1 rings (SSSR count). The number of nitrogens with one attached hydrogen (secondary N) is 1. The van der Waals surface area contributed by atoms with E-state index in [0.717, 1.165) is 0 Å². The van der Waals surface area contributed by atoms with Gasteiger partial charge in [0.25, 0.3) is 5.69 Å². The smallest absolute Gasteiger partial charge is 0.316 e. The fourth-order valence-electron chi connectivity index (χ4n) is 1.09. The van der Waals surface area contributed by atoms with Crippen molar-refractivity contribution in [3.05, 3.63) is 33.9 Å². The lowest BCUT2D eigenvalue weighted by atomic mass is 10.1. The van der Waals surface area contributed by atoms with E-state index in [-0.39, 0.29) is 5.69 Å². The van der Waals surface area contributed by atoms with Crippen molar-refractivity contribution in [1.82, 2.24) is 0 Å². The molecule has 0 radical (unpaired) electrons. The summed E-state index contributed by atoms with van der Waals surface area (Å²) in [5, 5.41) is 12.8. The molecule has 1 aromatic carbocycles. The maximum absolute atomic E-state index is 10.5. The molecule has 0 atom stereocenters. The predicted octanol–water partition coefficient (Wildman–Crippen LogP) is 1.39. The lowest BCUT2D eigenvalue weighted by Gasteiger charge is -2.05. The summed E-state index contributed by atoms with van der Waals surface area (Å²) in [6.45, 7) is 1.55. The van der Waals surface area contributed by atoms with Gasteiger partial charge in [0, 0.05) is 6.07 Å². The molecule has 74 valence electrons. The van der Waals surface area contributed by atoms with Crippen LogP contribution in [0.25, 0.3) is 0 Å². The van der Waals surface area contributed by atoms with E-state index >= 15 is 0 Å². The average Bonchev–Trinajstić information content (AvgIpc) is 2.07. The van der Waals surface area contributed by atoms with Gasteiger partial charge in [0.2, 0.25) is 0 Å². The lowest BCUT2D eigenvalue weighted by Crippen LogP contribution is -2.20. The van der Waals surface area contributed by atoms with Crippen molar-refractivity contribution in [2.75, 3.05) is 5.32 Å². The molecule has 0 aromatic heterocycles. The molecule has 0 aliphatic heterocycles. The number of nitro benzene ring substituents is 1. The van der Waals surface area contributed by atoms with Crippen LogP contribution in [0.4, 0.5) is 16.2 Å². The van der Waals surface area contributed by atoms with Crippen LogP contribution < -0.4 is 11.1 Å². The monoisotopic (exact) mass is 195 g/mol. The van der Waals surface area contributed by atoms with Gasteiger partial charge in [-0.05, 0) is 13.0 Å². The number of carbonyl (C=O) groups is 1. The van der Waals surface area contributed by atoms with Crippen LogP contribution in [0.5, 0.6) is 0 Å². The Morgan fingerprint density at radius 2 is 2.21 bits per heavy atom. The van der Waals surface area contributed by atoms with E-state index in [1.165, 1.54) is 12.1 Å². The second kappa shape index (κ2) is 3.73. The van der Waals surface area contributed by atoms with E-state index < -0.39 is 11.0 Å². The van der Waals surface area contributed by atoms with E-state index in [9.17, 15) is 14.9 Å². The van der Waals surface area contributed by atoms with E-state index in [4.69, 9.17) is 5.73 Å². The Balaban J connectivity index is 3.13. The molecule has 0 bridgehead atoms. The number of benzene rings is 1. The van der Waals surface area contributed by atoms with E-state index in [1.807, 2.05) is 0 Å². The van der Waals surface area contributed by atoms with Crippen molar-refractivity contribution >= 4 is 17.4 Å². The molecule has 0 saturated carbocycles. The van der Waals surface area contributed by atoms with Crippen LogP contribution in [0.3, 0.4) is 0 Å². The quantitative estimate of drug-likeness (QED) is 0.551. The van der Waals surface area contributed by atoms with Crippen LogP contribution in [-0.4, -0.2) is 11.0 Å². The molecule has 3 N–H and O–H groups in total. The van der Waals surface area contributed by atoms with E-state index in [0.29, 0.717) is 11.3 Å². The van der Waals surface area contributed by atoms with Gasteiger partial charge in [-0.1, -0.05) is 6.07 Å².